The molecular weight excluding hydrogens is 246 g/mol. The van der Waals surface area contributed by atoms with Crippen LogP contribution in [0.5, 0.6) is 5.75 Å². The van der Waals surface area contributed by atoms with Crippen LogP contribution in [0.15, 0.2) is 66.7 Å². The van der Waals surface area contributed by atoms with E-state index >= 15 is 0 Å². The normalized spacial score (nSPS) is 11.2. The monoisotopic (exact) mass is 258 g/mol. The lowest BCUT2D eigenvalue weighted by Gasteiger charge is -2.03. The number of aromatic amines is 1. The first-order valence-electron chi connectivity index (χ1n) is 6.60. The highest BCUT2D eigenvalue weighted by Gasteiger charge is 2.08. The first-order valence-corrected chi connectivity index (χ1v) is 6.60. The zero-order valence-electron chi connectivity index (χ0n) is 10.8. The van der Waals surface area contributed by atoms with Gasteiger partial charge in [-0.15, -0.1) is 0 Å². The SMILES string of the molecule is [O]c1ccc(-c2cccc3c2[nH]c2ccccc23)cc1. The molecule has 0 aliphatic rings. The topological polar surface area (TPSA) is 35.7 Å². The third-order valence-corrected chi connectivity index (χ3v) is 3.71. The second-order valence-electron chi connectivity index (χ2n) is 4.92. The Morgan fingerprint density at radius 3 is 2.30 bits per heavy atom. The lowest BCUT2D eigenvalue weighted by Crippen LogP contribution is -1.79. The fourth-order valence-corrected chi connectivity index (χ4v) is 2.75. The van der Waals surface area contributed by atoms with E-state index in [1.807, 2.05) is 18.2 Å². The number of H-pyrrole nitrogens is 1. The Labute approximate surface area is 116 Å². The van der Waals surface area contributed by atoms with Crippen LogP contribution in [-0.4, -0.2) is 4.98 Å². The third kappa shape index (κ3) is 1.58. The second-order valence-corrected chi connectivity index (χ2v) is 4.92. The summed E-state index contributed by atoms with van der Waals surface area (Å²) in [5.41, 5.74) is 4.43. The van der Waals surface area contributed by atoms with Crippen LogP contribution in [0.25, 0.3) is 32.9 Å². The van der Waals surface area contributed by atoms with Crippen molar-refractivity contribution in [3.8, 4) is 16.9 Å². The summed E-state index contributed by atoms with van der Waals surface area (Å²) < 4.78 is 0. The van der Waals surface area contributed by atoms with Gasteiger partial charge in [-0.3, -0.25) is 5.11 Å². The molecule has 4 aromatic rings. The van der Waals surface area contributed by atoms with Gasteiger partial charge < -0.3 is 4.98 Å². The molecule has 0 saturated carbocycles. The predicted molar refractivity (Wildman–Crippen MR) is 81.4 cm³/mol. The highest BCUT2D eigenvalue weighted by molar-refractivity contribution is 6.11. The minimum Gasteiger partial charge on any atom is -0.354 e. The summed E-state index contributed by atoms with van der Waals surface area (Å²) in [6.07, 6.45) is 0. The van der Waals surface area contributed by atoms with Crippen molar-refractivity contribution in [2.24, 2.45) is 0 Å². The van der Waals surface area contributed by atoms with E-state index in [4.69, 9.17) is 0 Å². The lowest BCUT2D eigenvalue weighted by molar-refractivity contribution is 0.355. The summed E-state index contributed by atoms with van der Waals surface area (Å²) in [6, 6.07) is 21.5. The van der Waals surface area contributed by atoms with Gasteiger partial charge in [0.15, 0.2) is 5.75 Å². The fourth-order valence-electron chi connectivity index (χ4n) is 2.75. The molecule has 3 aromatic carbocycles. The second kappa shape index (κ2) is 4.14. The van der Waals surface area contributed by atoms with Crippen molar-refractivity contribution in [1.82, 2.24) is 4.98 Å². The van der Waals surface area contributed by atoms with Crippen LogP contribution in [0.1, 0.15) is 0 Å². The molecule has 0 saturated heterocycles. The van der Waals surface area contributed by atoms with Crippen LogP contribution in [0.4, 0.5) is 0 Å². The first kappa shape index (κ1) is 11.1. The maximum Gasteiger partial charge on any atom is 0.178 e. The van der Waals surface area contributed by atoms with Crippen molar-refractivity contribution in [3.05, 3.63) is 66.7 Å². The van der Waals surface area contributed by atoms with Crippen LogP contribution >= 0.6 is 0 Å². The van der Waals surface area contributed by atoms with Crippen molar-refractivity contribution in [3.63, 3.8) is 0 Å². The van der Waals surface area contributed by atoms with Gasteiger partial charge in [0, 0.05) is 21.9 Å². The molecule has 1 heterocycles. The number of benzene rings is 3. The summed E-state index contributed by atoms with van der Waals surface area (Å²) in [6.45, 7) is 0. The zero-order valence-corrected chi connectivity index (χ0v) is 10.8. The van der Waals surface area contributed by atoms with E-state index in [-0.39, 0.29) is 5.75 Å². The summed E-state index contributed by atoms with van der Waals surface area (Å²) in [4.78, 5) is 3.48. The standard InChI is InChI=1S/C18H12NO/c20-13-10-8-12(9-11-13)14-5-3-6-16-15-4-1-2-7-17(15)19-18(14)16/h1-11,19H. The number of hydrogen-bond donors (Lipinski definition) is 1. The third-order valence-electron chi connectivity index (χ3n) is 3.71. The molecule has 0 spiro atoms. The number of rotatable bonds is 1. The zero-order chi connectivity index (χ0) is 13.5. The molecule has 1 radical (unpaired) electrons. The molecule has 95 valence electrons. The number of para-hydroxylation sites is 2. The molecule has 2 heteroatoms. The van der Waals surface area contributed by atoms with Crippen LogP contribution in [0.3, 0.4) is 0 Å². The molecule has 4 rings (SSSR count). The van der Waals surface area contributed by atoms with E-state index in [0.29, 0.717) is 0 Å². The minimum atomic E-state index is 0.0394. The largest absolute Gasteiger partial charge is 0.354 e. The highest BCUT2D eigenvalue weighted by Crippen LogP contribution is 2.33. The van der Waals surface area contributed by atoms with Crippen molar-refractivity contribution in [2.45, 2.75) is 0 Å². The molecule has 2 nitrogen and oxygen atoms in total. The molecule has 0 bridgehead atoms. The fraction of sp³-hybridized carbons (Fsp3) is 0. The predicted octanol–water partition coefficient (Wildman–Crippen LogP) is 5.13. The summed E-state index contributed by atoms with van der Waals surface area (Å²) in [5.74, 6) is 0.0394. The van der Waals surface area contributed by atoms with Gasteiger partial charge in [-0.25, -0.2) is 0 Å². The minimum absolute atomic E-state index is 0.0394. The Kier molecular flexibility index (Phi) is 2.30. The van der Waals surface area contributed by atoms with Gasteiger partial charge in [-0.1, -0.05) is 48.5 Å². The Bertz CT molecular complexity index is 904. The van der Waals surface area contributed by atoms with E-state index < -0.39 is 0 Å². The highest BCUT2D eigenvalue weighted by atomic mass is 16.3. The van der Waals surface area contributed by atoms with Gasteiger partial charge in [0.25, 0.3) is 0 Å². The molecular formula is C18H12NO. The van der Waals surface area contributed by atoms with E-state index in [1.165, 1.54) is 10.8 Å². The van der Waals surface area contributed by atoms with E-state index in [2.05, 4.69) is 41.4 Å². The van der Waals surface area contributed by atoms with Crippen molar-refractivity contribution in [2.75, 3.05) is 0 Å². The molecule has 0 aliphatic carbocycles. The Morgan fingerprint density at radius 2 is 1.45 bits per heavy atom. The van der Waals surface area contributed by atoms with Gasteiger partial charge in [0.2, 0.25) is 0 Å². The summed E-state index contributed by atoms with van der Waals surface area (Å²) in [7, 11) is 0. The maximum absolute atomic E-state index is 11.2. The van der Waals surface area contributed by atoms with Crippen LogP contribution in [-0.2, 0) is 5.11 Å². The molecule has 0 atom stereocenters. The van der Waals surface area contributed by atoms with Crippen molar-refractivity contribution in [1.29, 1.82) is 0 Å². The van der Waals surface area contributed by atoms with Crippen molar-refractivity contribution >= 4 is 21.8 Å². The first-order chi connectivity index (χ1) is 9.83. The lowest BCUT2D eigenvalue weighted by atomic mass is 10.0. The molecule has 20 heavy (non-hydrogen) atoms. The summed E-state index contributed by atoms with van der Waals surface area (Å²) in [5, 5.41) is 13.7. The van der Waals surface area contributed by atoms with E-state index in [9.17, 15) is 5.11 Å². The van der Waals surface area contributed by atoms with Gasteiger partial charge in [-0.2, -0.15) is 0 Å². The van der Waals surface area contributed by atoms with Gasteiger partial charge in [0.1, 0.15) is 0 Å². The van der Waals surface area contributed by atoms with Crippen molar-refractivity contribution < 1.29 is 5.11 Å². The maximum atomic E-state index is 11.2. The summed E-state index contributed by atoms with van der Waals surface area (Å²) >= 11 is 0. The van der Waals surface area contributed by atoms with Crippen LogP contribution in [0.2, 0.25) is 0 Å². The molecule has 1 N–H and O–H groups in total. The molecule has 0 unspecified atom stereocenters. The Balaban J connectivity index is 2.07. The van der Waals surface area contributed by atoms with E-state index in [0.717, 1.165) is 22.2 Å². The molecule has 0 fully saturated rings. The Hall–Kier alpha value is -2.74. The van der Waals surface area contributed by atoms with Gasteiger partial charge in [-0.05, 0) is 23.8 Å². The van der Waals surface area contributed by atoms with Crippen LogP contribution in [0, 0.1) is 0 Å². The number of fused-ring (bicyclic) bond motifs is 3. The number of nitrogens with one attached hydrogen (secondary N) is 1. The van der Waals surface area contributed by atoms with Gasteiger partial charge in [0.05, 0.1) is 5.52 Å². The molecule has 1 aromatic heterocycles. The Morgan fingerprint density at radius 1 is 0.700 bits per heavy atom. The average molecular weight is 258 g/mol. The molecule has 0 amide bonds. The number of aromatic nitrogens is 1. The number of hydrogen-bond acceptors (Lipinski definition) is 0. The van der Waals surface area contributed by atoms with Crippen LogP contribution < -0.4 is 0 Å². The molecule has 0 aliphatic heterocycles. The quantitative estimate of drug-likeness (QED) is 0.491. The smallest absolute Gasteiger partial charge is 0.178 e. The average Bonchev–Trinajstić information content (AvgIpc) is 2.87. The van der Waals surface area contributed by atoms with Gasteiger partial charge >= 0.3 is 0 Å². The van der Waals surface area contributed by atoms with E-state index in [1.54, 1.807) is 12.1 Å².